The van der Waals surface area contributed by atoms with Gasteiger partial charge in [0, 0.05) is 12.5 Å². The van der Waals surface area contributed by atoms with Crippen molar-refractivity contribution in [2.75, 3.05) is 6.61 Å². The average Bonchev–Trinajstić information content (AvgIpc) is 3.02. The van der Waals surface area contributed by atoms with Gasteiger partial charge in [-0.05, 0) is 38.2 Å². The van der Waals surface area contributed by atoms with E-state index in [1.54, 1.807) is 6.92 Å². The maximum atomic E-state index is 11.1. The van der Waals surface area contributed by atoms with Crippen LogP contribution < -0.4 is 0 Å². The van der Waals surface area contributed by atoms with Crippen LogP contribution in [0.3, 0.4) is 0 Å². The van der Waals surface area contributed by atoms with Crippen LogP contribution in [0.15, 0.2) is 30.3 Å². The lowest BCUT2D eigenvalue weighted by Gasteiger charge is -2.29. The fourth-order valence-electron chi connectivity index (χ4n) is 3.60. The predicted molar refractivity (Wildman–Crippen MR) is 78.3 cm³/mol. The van der Waals surface area contributed by atoms with E-state index in [9.17, 15) is 4.79 Å². The molecule has 0 aliphatic carbocycles. The Kier molecular flexibility index (Phi) is 4.18. The van der Waals surface area contributed by atoms with Crippen molar-refractivity contribution in [3.8, 4) is 0 Å². The Morgan fingerprint density at radius 1 is 1.30 bits per heavy atom. The predicted octanol–water partition coefficient (Wildman–Crippen LogP) is 3.31. The summed E-state index contributed by atoms with van der Waals surface area (Å²) in [7, 11) is 0. The first-order chi connectivity index (χ1) is 9.75. The molecular weight excluding hydrogens is 250 g/mol. The zero-order valence-electron chi connectivity index (χ0n) is 12.1. The molecule has 0 bridgehead atoms. The van der Waals surface area contributed by atoms with Crippen LogP contribution in [0.4, 0.5) is 0 Å². The SMILES string of the molecule is CC(=O)CCC[C@H]1CC[C@@H]2OC[C@@H](c3ccccc3)N12. The van der Waals surface area contributed by atoms with Crippen LogP contribution >= 0.6 is 0 Å². The van der Waals surface area contributed by atoms with Gasteiger partial charge in [-0.3, -0.25) is 4.90 Å². The Hall–Kier alpha value is -1.19. The monoisotopic (exact) mass is 273 g/mol. The minimum absolute atomic E-state index is 0.294. The average molecular weight is 273 g/mol. The molecule has 108 valence electrons. The summed E-state index contributed by atoms with van der Waals surface area (Å²) in [5.74, 6) is 0.303. The van der Waals surface area contributed by atoms with Gasteiger partial charge >= 0.3 is 0 Å². The smallest absolute Gasteiger partial charge is 0.129 e. The van der Waals surface area contributed by atoms with Crippen molar-refractivity contribution < 1.29 is 9.53 Å². The highest BCUT2D eigenvalue weighted by Crippen LogP contribution is 2.41. The molecule has 2 aliphatic heterocycles. The van der Waals surface area contributed by atoms with Gasteiger partial charge in [-0.25, -0.2) is 0 Å². The van der Waals surface area contributed by atoms with Gasteiger partial charge in [0.1, 0.15) is 12.0 Å². The Morgan fingerprint density at radius 3 is 2.85 bits per heavy atom. The molecule has 3 heteroatoms. The molecule has 2 heterocycles. The number of hydrogen-bond donors (Lipinski definition) is 0. The first-order valence-corrected chi connectivity index (χ1v) is 7.69. The molecule has 3 nitrogen and oxygen atoms in total. The Morgan fingerprint density at radius 2 is 2.10 bits per heavy atom. The van der Waals surface area contributed by atoms with Crippen LogP contribution in [-0.2, 0) is 9.53 Å². The first kappa shape index (κ1) is 13.8. The van der Waals surface area contributed by atoms with E-state index in [0.717, 1.165) is 25.9 Å². The van der Waals surface area contributed by atoms with Crippen LogP contribution in [0.5, 0.6) is 0 Å². The lowest BCUT2D eigenvalue weighted by atomic mass is 10.0. The van der Waals surface area contributed by atoms with Gasteiger partial charge in [0.15, 0.2) is 0 Å². The molecule has 20 heavy (non-hydrogen) atoms. The number of benzene rings is 1. The molecule has 0 N–H and O–H groups in total. The number of fused-ring (bicyclic) bond motifs is 1. The first-order valence-electron chi connectivity index (χ1n) is 7.69. The molecule has 0 saturated carbocycles. The maximum Gasteiger partial charge on any atom is 0.129 e. The molecule has 2 saturated heterocycles. The summed E-state index contributed by atoms with van der Waals surface area (Å²) < 4.78 is 5.96. The van der Waals surface area contributed by atoms with E-state index in [2.05, 4.69) is 35.2 Å². The molecule has 1 aromatic carbocycles. The van der Waals surface area contributed by atoms with Crippen molar-refractivity contribution in [3.05, 3.63) is 35.9 Å². The normalized spacial score (nSPS) is 29.6. The molecule has 0 spiro atoms. The molecule has 2 aliphatic rings. The van der Waals surface area contributed by atoms with E-state index < -0.39 is 0 Å². The second kappa shape index (κ2) is 6.06. The molecule has 1 aromatic rings. The number of nitrogens with zero attached hydrogens (tertiary/aromatic N) is 1. The van der Waals surface area contributed by atoms with Crippen molar-refractivity contribution in [3.63, 3.8) is 0 Å². The molecular formula is C17H23NO2. The molecule has 0 radical (unpaired) electrons. The number of ether oxygens (including phenoxy) is 1. The molecule has 2 fully saturated rings. The Bertz CT molecular complexity index is 459. The number of rotatable bonds is 5. The molecule has 3 atom stereocenters. The van der Waals surface area contributed by atoms with Crippen LogP contribution in [0.25, 0.3) is 0 Å². The highest BCUT2D eigenvalue weighted by Gasteiger charge is 2.43. The summed E-state index contributed by atoms with van der Waals surface area (Å²) in [4.78, 5) is 13.6. The van der Waals surface area contributed by atoms with E-state index in [4.69, 9.17) is 4.74 Å². The summed E-state index contributed by atoms with van der Waals surface area (Å²) in [6.45, 7) is 2.49. The highest BCUT2D eigenvalue weighted by atomic mass is 16.5. The quantitative estimate of drug-likeness (QED) is 0.824. The highest BCUT2D eigenvalue weighted by molar-refractivity contribution is 5.75. The number of carbonyl (C=O) groups is 1. The number of Topliss-reactive ketones (excluding diaryl/α,β-unsaturated/α-hetero) is 1. The van der Waals surface area contributed by atoms with Gasteiger partial charge in [0.05, 0.1) is 12.6 Å². The third-order valence-corrected chi connectivity index (χ3v) is 4.56. The zero-order valence-corrected chi connectivity index (χ0v) is 12.1. The molecule has 3 rings (SSSR count). The van der Waals surface area contributed by atoms with Crippen molar-refractivity contribution in [1.29, 1.82) is 0 Å². The van der Waals surface area contributed by atoms with Crippen molar-refractivity contribution in [1.82, 2.24) is 4.90 Å². The topological polar surface area (TPSA) is 29.5 Å². The van der Waals surface area contributed by atoms with Gasteiger partial charge in [0.2, 0.25) is 0 Å². The lowest BCUT2D eigenvalue weighted by molar-refractivity contribution is -0.117. The lowest BCUT2D eigenvalue weighted by Crippen LogP contribution is -2.34. The number of ketones is 1. The van der Waals surface area contributed by atoms with Gasteiger partial charge < -0.3 is 9.53 Å². The van der Waals surface area contributed by atoms with Gasteiger partial charge in [-0.1, -0.05) is 30.3 Å². The van der Waals surface area contributed by atoms with Crippen LogP contribution in [0, 0.1) is 0 Å². The van der Waals surface area contributed by atoms with Crippen molar-refractivity contribution >= 4 is 5.78 Å². The zero-order chi connectivity index (χ0) is 13.9. The Balaban J connectivity index is 1.67. The summed E-state index contributed by atoms with van der Waals surface area (Å²) in [6.07, 6.45) is 5.46. The summed E-state index contributed by atoms with van der Waals surface area (Å²) in [5.41, 5.74) is 1.36. The fourth-order valence-corrected chi connectivity index (χ4v) is 3.60. The van der Waals surface area contributed by atoms with Crippen molar-refractivity contribution in [2.45, 2.75) is 57.3 Å². The molecule has 0 unspecified atom stereocenters. The summed E-state index contributed by atoms with van der Waals surface area (Å²) in [5, 5.41) is 0. The van der Waals surface area contributed by atoms with Gasteiger partial charge in [0.25, 0.3) is 0 Å². The van der Waals surface area contributed by atoms with E-state index in [1.165, 1.54) is 12.0 Å². The van der Waals surface area contributed by atoms with E-state index in [-0.39, 0.29) is 0 Å². The Labute approximate surface area is 120 Å². The minimum Gasteiger partial charge on any atom is -0.361 e. The third kappa shape index (κ3) is 2.79. The summed E-state index contributed by atoms with van der Waals surface area (Å²) >= 11 is 0. The largest absolute Gasteiger partial charge is 0.361 e. The number of hydrogen-bond acceptors (Lipinski definition) is 3. The van der Waals surface area contributed by atoms with Crippen LogP contribution in [0.2, 0.25) is 0 Å². The second-order valence-electron chi connectivity index (χ2n) is 5.99. The van der Waals surface area contributed by atoms with Crippen LogP contribution in [0.1, 0.15) is 50.6 Å². The minimum atomic E-state index is 0.294. The fraction of sp³-hybridized carbons (Fsp3) is 0.588. The summed E-state index contributed by atoms with van der Waals surface area (Å²) in [6, 6.07) is 11.6. The maximum absolute atomic E-state index is 11.1. The van der Waals surface area contributed by atoms with Crippen molar-refractivity contribution in [2.24, 2.45) is 0 Å². The third-order valence-electron chi connectivity index (χ3n) is 4.56. The van der Waals surface area contributed by atoms with Gasteiger partial charge in [-0.15, -0.1) is 0 Å². The molecule has 0 amide bonds. The standard InChI is InChI=1S/C17H23NO2/c1-13(19)6-5-9-15-10-11-17-18(15)16(12-20-17)14-7-3-2-4-8-14/h2-4,7-8,15-17H,5-6,9-12H2,1H3/t15-,16-,17-/m0/s1. The number of carbonyl (C=O) groups excluding carboxylic acids is 1. The van der Waals surface area contributed by atoms with E-state index >= 15 is 0 Å². The second-order valence-corrected chi connectivity index (χ2v) is 5.99. The molecule has 0 aromatic heterocycles. The van der Waals surface area contributed by atoms with Gasteiger partial charge in [-0.2, -0.15) is 0 Å². The van der Waals surface area contributed by atoms with Crippen LogP contribution in [-0.4, -0.2) is 29.6 Å². The van der Waals surface area contributed by atoms with E-state index in [1.807, 2.05) is 0 Å². The van der Waals surface area contributed by atoms with E-state index in [0.29, 0.717) is 30.5 Å².